The predicted octanol–water partition coefficient (Wildman–Crippen LogP) is -0.523. The molecule has 1 saturated heterocycles. The molecule has 5 heteroatoms. The summed E-state index contributed by atoms with van der Waals surface area (Å²) in [5.74, 6) is -0.0513. The molecule has 1 fully saturated rings. The molecule has 0 aliphatic carbocycles. The Kier molecular flexibility index (Phi) is 6.47. The molecule has 1 aliphatic rings. The number of piperazine rings is 1. The van der Waals surface area contributed by atoms with Crippen molar-refractivity contribution in [3.05, 3.63) is 0 Å². The fraction of sp³-hybridized carbons (Fsp3) is 0.917. The van der Waals surface area contributed by atoms with E-state index in [0.717, 1.165) is 25.9 Å². The van der Waals surface area contributed by atoms with Crippen molar-refractivity contribution in [1.82, 2.24) is 15.1 Å². The second-order valence-corrected chi connectivity index (χ2v) is 4.93. The molecule has 0 bridgehead atoms. The van der Waals surface area contributed by atoms with E-state index < -0.39 is 6.04 Å². The predicted molar refractivity (Wildman–Crippen MR) is 69.8 cm³/mol. The summed E-state index contributed by atoms with van der Waals surface area (Å²) >= 11 is 0. The Labute approximate surface area is 104 Å². The number of carbonyl (C=O) groups excluding carboxylic acids is 1. The number of nitrogens with zero attached hydrogens (tertiary/aromatic N) is 2. The van der Waals surface area contributed by atoms with Gasteiger partial charge in [0, 0.05) is 32.7 Å². The topological polar surface area (TPSA) is 61.6 Å². The summed E-state index contributed by atoms with van der Waals surface area (Å²) in [5.41, 5.74) is 5.46. The van der Waals surface area contributed by atoms with E-state index in [2.05, 4.69) is 22.2 Å². The van der Waals surface area contributed by atoms with Crippen LogP contribution in [0.5, 0.6) is 0 Å². The smallest absolute Gasteiger partial charge is 0.236 e. The molecule has 1 rings (SSSR count). The van der Waals surface area contributed by atoms with E-state index in [1.807, 2.05) is 0 Å². The largest absolute Gasteiger partial charge is 0.355 e. The summed E-state index contributed by atoms with van der Waals surface area (Å²) in [4.78, 5) is 16.0. The van der Waals surface area contributed by atoms with Crippen molar-refractivity contribution in [2.75, 3.05) is 46.3 Å². The number of amides is 1. The molecule has 0 spiro atoms. The zero-order chi connectivity index (χ0) is 12.7. The number of unbranched alkanes of at least 4 members (excludes halogenated alkanes) is 1. The second-order valence-electron chi connectivity index (χ2n) is 4.93. The van der Waals surface area contributed by atoms with E-state index in [-0.39, 0.29) is 5.91 Å². The molecule has 1 aliphatic heterocycles. The lowest BCUT2D eigenvalue weighted by atomic mass is 10.2. The molecule has 0 aromatic heterocycles. The van der Waals surface area contributed by atoms with E-state index in [1.165, 1.54) is 26.2 Å². The summed E-state index contributed by atoms with van der Waals surface area (Å²) in [6.45, 7) is 8.27. The van der Waals surface area contributed by atoms with Gasteiger partial charge in [0.15, 0.2) is 0 Å². The van der Waals surface area contributed by atoms with Gasteiger partial charge in [-0.3, -0.25) is 4.79 Å². The highest BCUT2D eigenvalue weighted by Gasteiger charge is 2.12. The number of hydrogen-bond acceptors (Lipinski definition) is 4. The van der Waals surface area contributed by atoms with Gasteiger partial charge in [-0.1, -0.05) is 0 Å². The lowest BCUT2D eigenvalue weighted by Crippen LogP contribution is -2.44. The van der Waals surface area contributed by atoms with Crippen molar-refractivity contribution in [3.63, 3.8) is 0 Å². The quantitative estimate of drug-likeness (QED) is 0.615. The Bertz CT molecular complexity index is 225. The molecule has 0 aromatic rings. The molecule has 3 N–H and O–H groups in total. The van der Waals surface area contributed by atoms with Crippen LogP contribution in [0.15, 0.2) is 0 Å². The first-order valence-electron chi connectivity index (χ1n) is 6.54. The molecular formula is C12H26N4O. The van der Waals surface area contributed by atoms with Gasteiger partial charge in [0.2, 0.25) is 5.91 Å². The molecule has 1 unspecified atom stereocenters. The maximum atomic E-state index is 11.2. The highest BCUT2D eigenvalue weighted by Crippen LogP contribution is 2.01. The van der Waals surface area contributed by atoms with Crippen LogP contribution in [-0.4, -0.2) is 68.1 Å². The highest BCUT2D eigenvalue weighted by molar-refractivity contribution is 5.80. The van der Waals surface area contributed by atoms with Crippen LogP contribution in [0.3, 0.4) is 0 Å². The SMILES string of the molecule is CC(N)C(=O)NCCCCN1CCN(C)CC1. The summed E-state index contributed by atoms with van der Waals surface area (Å²) in [6.07, 6.45) is 2.17. The minimum Gasteiger partial charge on any atom is -0.355 e. The molecular weight excluding hydrogens is 216 g/mol. The Balaban J connectivity index is 1.96. The summed E-state index contributed by atoms with van der Waals surface area (Å²) in [7, 11) is 2.17. The van der Waals surface area contributed by atoms with Crippen LogP contribution >= 0.6 is 0 Å². The molecule has 17 heavy (non-hydrogen) atoms. The molecule has 0 aromatic carbocycles. The zero-order valence-corrected chi connectivity index (χ0v) is 11.1. The Morgan fingerprint density at radius 3 is 2.53 bits per heavy atom. The molecule has 1 heterocycles. The van der Waals surface area contributed by atoms with Crippen LogP contribution < -0.4 is 11.1 Å². The third kappa shape index (κ3) is 6.00. The molecule has 0 radical (unpaired) electrons. The Morgan fingerprint density at radius 2 is 1.94 bits per heavy atom. The average molecular weight is 242 g/mol. The number of nitrogens with two attached hydrogens (primary N) is 1. The van der Waals surface area contributed by atoms with E-state index in [0.29, 0.717) is 0 Å². The maximum Gasteiger partial charge on any atom is 0.236 e. The minimum atomic E-state index is -0.396. The average Bonchev–Trinajstić information content (AvgIpc) is 2.30. The summed E-state index contributed by atoms with van der Waals surface area (Å²) < 4.78 is 0. The lowest BCUT2D eigenvalue weighted by molar-refractivity contribution is -0.121. The molecule has 1 atom stereocenters. The minimum absolute atomic E-state index is 0.0513. The van der Waals surface area contributed by atoms with Crippen LogP contribution in [0.1, 0.15) is 19.8 Å². The molecule has 100 valence electrons. The fourth-order valence-electron chi connectivity index (χ4n) is 1.90. The van der Waals surface area contributed by atoms with Crippen LogP contribution in [-0.2, 0) is 4.79 Å². The number of carbonyl (C=O) groups is 1. The van der Waals surface area contributed by atoms with E-state index >= 15 is 0 Å². The highest BCUT2D eigenvalue weighted by atomic mass is 16.2. The van der Waals surface area contributed by atoms with Crippen LogP contribution in [0, 0.1) is 0 Å². The third-order valence-electron chi connectivity index (χ3n) is 3.21. The first kappa shape index (κ1) is 14.4. The summed E-state index contributed by atoms with van der Waals surface area (Å²) in [6, 6.07) is -0.396. The van der Waals surface area contributed by atoms with Crippen molar-refractivity contribution in [1.29, 1.82) is 0 Å². The van der Waals surface area contributed by atoms with Gasteiger partial charge in [0.05, 0.1) is 6.04 Å². The number of rotatable bonds is 6. The molecule has 0 saturated carbocycles. The maximum absolute atomic E-state index is 11.2. The fourth-order valence-corrected chi connectivity index (χ4v) is 1.90. The van der Waals surface area contributed by atoms with E-state index in [9.17, 15) is 4.79 Å². The van der Waals surface area contributed by atoms with Gasteiger partial charge in [0.1, 0.15) is 0 Å². The number of nitrogens with one attached hydrogen (secondary N) is 1. The van der Waals surface area contributed by atoms with Gasteiger partial charge in [-0.25, -0.2) is 0 Å². The lowest BCUT2D eigenvalue weighted by Gasteiger charge is -2.32. The van der Waals surface area contributed by atoms with Crippen LogP contribution in [0.25, 0.3) is 0 Å². The standard InChI is InChI=1S/C12H26N4O/c1-11(13)12(17)14-5-3-4-6-16-9-7-15(2)8-10-16/h11H,3-10,13H2,1-2H3,(H,14,17). The van der Waals surface area contributed by atoms with Crippen molar-refractivity contribution < 1.29 is 4.79 Å². The van der Waals surface area contributed by atoms with Gasteiger partial charge >= 0.3 is 0 Å². The van der Waals surface area contributed by atoms with Gasteiger partial charge < -0.3 is 20.9 Å². The second kappa shape index (κ2) is 7.63. The number of hydrogen-bond donors (Lipinski definition) is 2. The van der Waals surface area contributed by atoms with Crippen molar-refractivity contribution >= 4 is 5.91 Å². The molecule has 1 amide bonds. The number of likely N-dealkylation sites (N-methyl/N-ethyl adjacent to an activating group) is 1. The normalized spacial score (nSPS) is 20.2. The first-order chi connectivity index (χ1) is 8.09. The van der Waals surface area contributed by atoms with Crippen molar-refractivity contribution in [2.24, 2.45) is 5.73 Å². The van der Waals surface area contributed by atoms with Crippen molar-refractivity contribution in [2.45, 2.75) is 25.8 Å². The molecule has 5 nitrogen and oxygen atoms in total. The third-order valence-corrected chi connectivity index (χ3v) is 3.21. The monoisotopic (exact) mass is 242 g/mol. The van der Waals surface area contributed by atoms with Crippen LogP contribution in [0.2, 0.25) is 0 Å². The van der Waals surface area contributed by atoms with E-state index in [1.54, 1.807) is 6.92 Å². The summed E-state index contributed by atoms with van der Waals surface area (Å²) in [5, 5.41) is 2.84. The van der Waals surface area contributed by atoms with Crippen molar-refractivity contribution in [3.8, 4) is 0 Å². The van der Waals surface area contributed by atoms with Gasteiger partial charge in [-0.15, -0.1) is 0 Å². The Hall–Kier alpha value is -0.650. The van der Waals surface area contributed by atoms with Gasteiger partial charge in [0.25, 0.3) is 0 Å². The Morgan fingerprint density at radius 1 is 1.29 bits per heavy atom. The first-order valence-corrected chi connectivity index (χ1v) is 6.54. The van der Waals surface area contributed by atoms with Gasteiger partial charge in [-0.2, -0.15) is 0 Å². The van der Waals surface area contributed by atoms with E-state index in [4.69, 9.17) is 5.73 Å². The van der Waals surface area contributed by atoms with Crippen LogP contribution in [0.4, 0.5) is 0 Å². The van der Waals surface area contributed by atoms with Gasteiger partial charge in [-0.05, 0) is 33.4 Å². The zero-order valence-electron chi connectivity index (χ0n) is 11.1.